The van der Waals surface area contributed by atoms with E-state index < -0.39 is 0 Å². The maximum Gasteiger partial charge on any atom is 0.133 e. The minimum Gasteiger partial charge on any atom is -0.314 e. The molecule has 0 aromatic carbocycles. The van der Waals surface area contributed by atoms with Crippen molar-refractivity contribution >= 4 is 5.78 Å². The molecular formula is C15H29NO. The Kier molecular flexibility index (Phi) is 8.33. The van der Waals surface area contributed by atoms with Gasteiger partial charge in [-0.05, 0) is 25.8 Å². The Morgan fingerprint density at radius 3 is 2.24 bits per heavy atom. The summed E-state index contributed by atoms with van der Waals surface area (Å²) < 4.78 is 0. The molecule has 0 heterocycles. The summed E-state index contributed by atoms with van der Waals surface area (Å²) in [5, 5.41) is 3.59. The van der Waals surface area contributed by atoms with Crippen molar-refractivity contribution in [3.63, 3.8) is 0 Å². The predicted molar refractivity (Wildman–Crippen MR) is 73.3 cm³/mol. The molecule has 0 saturated heterocycles. The molecular weight excluding hydrogens is 210 g/mol. The number of hydrogen-bond acceptors (Lipinski definition) is 2. The molecule has 0 bridgehead atoms. The third kappa shape index (κ3) is 7.54. The van der Waals surface area contributed by atoms with Crippen molar-refractivity contribution in [2.45, 2.75) is 83.6 Å². The number of hydrogen-bond donors (Lipinski definition) is 1. The van der Waals surface area contributed by atoms with Gasteiger partial charge in [-0.2, -0.15) is 0 Å². The lowest BCUT2D eigenvalue weighted by Crippen LogP contribution is -2.33. The highest BCUT2D eigenvalue weighted by atomic mass is 16.1. The first-order valence-electron chi connectivity index (χ1n) is 7.58. The van der Waals surface area contributed by atoms with Crippen LogP contribution in [0, 0.1) is 0 Å². The largest absolute Gasteiger partial charge is 0.314 e. The normalized spacial score (nSPS) is 17.6. The third-order valence-electron chi connectivity index (χ3n) is 3.76. The van der Waals surface area contributed by atoms with Gasteiger partial charge in [-0.25, -0.2) is 0 Å². The number of ketones is 1. The van der Waals surface area contributed by atoms with Crippen LogP contribution >= 0.6 is 0 Å². The monoisotopic (exact) mass is 239 g/mol. The molecule has 0 aromatic heterocycles. The Hall–Kier alpha value is -0.370. The van der Waals surface area contributed by atoms with Crippen LogP contribution in [0.5, 0.6) is 0 Å². The maximum absolute atomic E-state index is 11.1. The zero-order chi connectivity index (χ0) is 12.3. The summed E-state index contributed by atoms with van der Waals surface area (Å²) in [5.74, 6) is 0.457. The summed E-state index contributed by atoms with van der Waals surface area (Å²) in [6, 6.07) is 0.618. The SMILES string of the molecule is CCCCCCCCCNC1CCC(=O)CC1. The molecule has 0 spiro atoms. The lowest BCUT2D eigenvalue weighted by atomic mass is 9.94. The highest BCUT2D eigenvalue weighted by Gasteiger charge is 2.17. The molecule has 1 aliphatic carbocycles. The van der Waals surface area contributed by atoms with E-state index in [0.29, 0.717) is 11.8 Å². The number of Topliss-reactive ketones (excluding diaryl/α,β-unsaturated/α-hetero) is 1. The van der Waals surface area contributed by atoms with E-state index in [4.69, 9.17) is 0 Å². The van der Waals surface area contributed by atoms with E-state index in [9.17, 15) is 4.79 Å². The van der Waals surface area contributed by atoms with Crippen LogP contribution in [0.1, 0.15) is 77.6 Å². The summed E-state index contributed by atoms with van der Waals surface area (Å²) in [6.45, 7) is 3.41. The molecule has 1 fully saturated rings. The Balaban J connectivity index is 1.82. The minimum absolute atomic E-state index is 0.457. The van der Waals surface area contributed by atoms with Crippen molar-refractivity contribution in [3.05, 3.63) is 0 Å². The fourth-order valence-electron chi connectivity index (χ4n) is 2.53. The van der Waals surface area contributed by atoms with Crippen LogP contribution in [-0.4, -0.2) is 18.4 Å². The zero-order valence-electron chi connectivity index (χ0n) is 11.5. The van der Waals surface area contributed by atoms with Crippen molar-refractivity contribution in [2.24, 2.45) is 0 Å². The van der Waals surface area contributed by atoms with Gasteiger partial charge in [0.1, 0.15) is 5.78 Å². The molecule has 100 valence electrons. The molecule has 0 amide bonds. The average molecular weight is 239 g/mol. The standard InChI is InChI=1S/C15H29NO/c1-2-3-4-5-6-7-8-13-16-14-9-11-15(17)12-10-14/h14,16H,2-13H2,1H3. The van der Waals surface area contributed by atoms with Crippen molar-refractivity contribution in [2.75, 3.05) is 6.54 Å². The first kappa shape index (κ1) is 14.7. The topological polar surface area (TPSA) is 29.1 Å². The molecule has 0 aliphatic heterocycles. The summed E-state index contributed by atoms with van der Waals surface area (Å²) in [6.07, 6.45) is 13.3. The van der Waals surface area contributed by atoms with E-state index >= 15 is 0 Å². The maximum atomic E-state index is 11.1. The lowest BCUT2D eigenvalue weighted by molar-refractivity contribution is -0.120. The van der Waals surface area contributed by atoms with E-state index in [0.717, 1.165) is 32.2 Å². The molecule has 1 saturated carbocycles. The number of carbonyl (C=O) groups excluding carboxylic acids is 1. The Bertz CT molecular complexity index is 193. The molecule has 0 radical (unpaired) electrons. The second-order valence-electron chi connectivity index (χ2n) is 5.39. The van der Waals surface area contributed by atoms with Gasteiger partial charge < -0.3 is 5.32 Å². The van der Waals surface area contributed by atoms with Gasteiger partial charge in [0.05, 0.1) is 0 Å². The summed E-state index contributed by atoms with van der Waals surface area (Å²) in [7, 11) is 0. The van der Waals surface area contributed by atoms with Crippen LogP contribution in [0.15, 0.2) is 0 Å². The Morgan fingerprint density at radius 2 is 1.59 bits per heavy atom. The molecule has 0 atom stereocenters. The van der Waals surface area contributed by atoms with Gasteiger partial charge in [0.15, 0.2) is 0 Å². The second kappa shape index (κ2) is 9.64. The van der Waals surface area contributed by atoms with E-state index in [1.54, 1.807) is 0 Å². The highest BCUT2D eigenvalue weighted by Crippen LogP contribution is 2.14. The van der Waals surface area contributed by atoms with Gasteiger partial charge in [-0.15, -0.1) is 0 Å². The summed E-state index contributed by atoms with van der Waals surface area (Å²) >= 11 is 0. The fourth-order valence-corrected chi connectivity index (χ4v) is 2.53. The van der Waals surface area contributed by atoms with Gasteiger partial charge >= 0.3 is 0 Å². The minimum atomic E-state index is 0.457. The Labute approximate surface area is 107 Å². The first-order chi connectivity index (χ1) is 8.33. The summed E-state index contributed by atoms with van der Waals surface area (Å²) in [4.78, 5) is 11.1. The first-order valence-corrected chi connectivity index (χ1v) is 7.58. The van der Waals surface area contributed by atoms with Gasteiger partial charge in [-0.1, -0.05) is 45.4 Å². The summed E-state index contributed by atoms with van der Waals surface area (Å²) in [5.41, 5.74) is 0. The molecule has 2 heteroatoms. The van der Waals surface area contributed by atoms with Crippen molar-refractivity contribution < 1.29 is 4.79 Å². The number of rotatable bonds is 9. The van der Waals surface area contributed by atoms with Crippen LogP contribution in [0.2, 0.25) is 0 Å². The van der Waals surface area contributed by atoms with E-state index in [-0.39, 0.29) is 0 Å². The van der Waals surface area contributed by atoms with E-state index in [1.807, 2.05) is 0 Å². The quantitative estimate of drug-likeness (QED) is 0.619. The van der Waals surface area contributed by atoms with Gasteiger partial charge in [0.2, 0.25) is 0 Å². The Morgan fingerprint density at radius 1 is 1.00 bits per heavy atom. The fraction of sp³-hybridized carbons (Fsp3) is 0.933. The molecule has 17 heavy (non-hydrogen) atoms. The van der Waals surface area contributed by atoms with Crippen LogP contribution in [0.4, 0.5) is 0 Å². The van der Waals surface area contributed by atoms with Gasteiger partial charge in [0, 0.05) is 18.9 Å². The molecule has 0 aromatic rings. The van der Waals surface area contributed by atoms with Crippen molar-refractivity contribution in [1.29, 1.82) is 0 Å². The predicted octanol–water partition coefficient (Wildman–Crippen LogP) is 3.84. The third-order valence-corrected chi connectivity index (χ3v) is 3.76. The van der Waals surface area contributed by atoms with E-state index in [2.05, 4.69) is 12.2 Å². The van der Waals surface area contributed by atoms with Crippen molar-refractivity contribution in [1.82, 2.24) is 5.32 Å². The molecule has 1 N–H and O–H groups in total. The van der Waals surface area contributed by atoms with Gasteiger partial charge in [-0.3, -0.25) is 4.79 Å². The molecule has 0 unspecified atom stereocenters. The molecule has 2 nitrogen and oxygen atoms in total. The number of carbonyl (C=O) groups is 1. The number of nitrogens with one attached hydrogen (secondary N) is 1. The van der Waals surface area contributed by atoms with Gasteiger partial charge in [0.25, 0.3) is 0 Å². The van der Waals surface area contributed by atoms with Crippen molar-refractivity contribution in [3.8, 4) is 0 Å². The average Bonchev–Trinajstić information content (AvgIpc) is 2.35. The van der Waals surface area contributed by atoms with Crippen LogP contribution in [0.25, 0.3) is 0 Å². The van der Waals surface area contributed by atoms with Crippen LogP contribution < -0.4 is 5.32 Å². The molecule has 1 rings (SSSR count). The smallest absolute Gasteiger partial charge is 0.133 e. The number of unbranched alkanes of at least 4 members (excludes halogenated alkanes) is 6. The highest BCUT2D eigenvalue weighted by molar-refractivity contribution is 5.79. The second-order valence-corrected chi connectivity index (χ2v) is 5.39. The molecule has 1 aliphatic rings. The lowest BCUT2D eigenvalue weighted by Gasteiger charge is -2.22. The van der Waals surface area contributed by atoms with E-state index in [1.165, 1.54) is 44.9 Å². The van der Waals surface area contributed by atoms with Crippen LogP contribution in [-0.2, 0) is 4.79 Å². The van der Waals surface area contributed by atoms with Crippen LogP contribution in [0.3, 0.4) is 0 Å². The zero-order valence-corrected chi connectivity index (χ0v) is 11.5.